The first-order chi connectivity index (χ1) is 8.06. The zero-order chi connectivity index (χ0) is 12.8. The van der Waals surface area contributed by atoms with Crippen molar-refractivity contribution >= 4 is 11.6 Å². The third-order valence-electron chi connectivity index (χ3n) is 2.64. The predicted octanol–water partition coefficient (Wildman–Crippen LogP) is 3.72. The van der Waals surface area contributed by atoms with Gasteiger partial charge in [0.1, 0.15) is 0 Å². The second-order valence-electron chi connectivity index (χ2n) is 4.47. The van der Waals surface area contributed by atoms with Crippen LogP contribution in [0.1, 0.15) is 37.9 Å². The molecule has 1 unspecified atom stereocenters. The number of hydrogen-bond donors (Lipinski definition) is 1. The molecular formula is C14H22ClNO. The summed E-state index contributed by atoms with van der Waals surface area (Å²) in [5.74, 6) is 0. The molecule has 0 heterocycles. The monoisotopic (exact) mass is 255 g/mol. The Morgan fingerprint density at radius 3 is 2.65 bits per heavy atom. The number of rotatable bonds is 6. The van der Waals surface area contributed by atoms with Gasteiger partial charge in [-0.3, -0.25) is 0 Å². The quantitative estimate of drug-likeness (QED) is 0.837. The highest BCUT2D eigenvalue weighted by atomic mass is 35.5. The first kappa shape index (κ1) is 14.5. The fourth-order valence-electron chi connectivity index (χ4n) is 1.73. The highest BCUT2D eigenvalue weighted by molar-refractivity contribution is 6.32. The number of benzene rings is 1. The molecule has 1 N–H and O–H groups in total. The summed E-state index contributed by atoms with van der Waals surface area (Å²) in [7, 11) is 0. The van der Waals surface area contributed by atoms with E-state index < -0.39 is 0 Å². The van der Waals surface area contributed by atoms with Gasteiger partial charge in [0, 0.05) is 5.02 Å². The first-order valence-corrected chi connectivity index (χ1v) is 6.54. The summed E-state index contributed by atoms with van der Waals surface area (Å²) in [6.45, 7) is 9.75. The van der Waals surface area contributed by atoms with E-state index in [1.165, 1.54) is 0 Å². The largest absolute Gasteiger partial charge is 0.377 e. The SMILES string of the molecule is CCNC(COC(C)C)c1cccc(C)c1Cl. The van der Waals surface area contributed by atoms with Crippen molar-refractivity contribution in [1.29, 1.82) is 0 Å². The minimum Gasteiger partial charge on any atom is -0.377 e. The molecule has 0 saturated heterocycles. The summed E-state index contributed by atoms with van der Waals surface area (Å²) >= 11 is 6.34. The predicted molar refractivity (Wildman–Crippen MR) is 73.7 cm³/mol. The minimum absolute atomic E-state index is 0.162. The fourth-order valence-corrected chi connectivity index (χ4v) is 1.99. The van der Waals surface area contributed by atoms with E-state index in [2.05, 4.69) is 18.3 Å². The van der Waals surface area contributed by atoms with E-state index in [4.69, 9.17) is 16.3 Å². The molecule has 0 amide bonds. The molecule has 1 aromatic rings. The van der Waals surface area contributed by atoms with Gasteiger partial charge in [-0.25, -0.2) is 0 Å². The topological polar surface area (TPSA) is 21.3 Å². The van der Waals surface area contributed by atoms with E-state index in [0.717, 1.165) is 22.7 Å². The average Bonchev–Trinajstić information content (AvgIpc) is 2.28. The fraction of sp³-hybridized carbons (Fsp3) is 0.571. The lowest BCUT2D eigenvalue weighted by Gasteiger charge is -2.21. The Hall–Kier alpha value is -0.570. The highest BCUT2D eigenvalue weighted by Crippen LogP contribution is 2.26. The van der Waals surface area contributed by atoms with Crippen LogP contribution in [0.25, 0.3) is 0 Å². The first-order valence-electron chi connectivity index (χ1n) is 6.16. The highest BCUT2D eigenvalue weighted by Gasteiger charge is 2.15. The molecule has 0 aliphatic rings. The van der Waals surface area contributed by atoms with E-state index in [1.807, 2.05) is 32.9 Å². The van der Waals surface area contributed by atoms with E-state index in [9.17, 15) is 0 Å². The second-order valence-corrected chi connectivity index (χ2v) is 4.85. The van der Waals surface area contributed by atoms with Gasteiger partial charge in [0.2, 0.25) is 0 Å². The van der Waals surface area contributed by atoms with E-state index in [-0.39, 0.29) is 12.1 Å². The van der Waals surface area contributed by atoms with Crippen LogP contribution >= 0.6 is 11.6 Å². The van der Waals surface area contributed by atoms with Crippen molar-refractivity contribution in [2.75, 3.05) is 13.2 Å². The van der Waals surface area contributed by atoms with E-state index >= 15 is 0 Å². The number of hydrogen-bond acceptors (Lipinski definition) is 2. The zero-order valence-corrected chi connectivity index (χ0v) is 11.8. The molecule has 0 aliphatic carbocycles. The lowest BCUT2D eigenvalue weighted by Crippen LogP contribution is -2.27. The Morgan fingerprint density at radius 2 is 2.06 bits per heavy atom. The Balaban J connectivity index is 2.85. The van der Waals surface area contributed by atoms with Gasteiger partial charge in [0.25, 0.3) is 0 Å². The van der Waals surface area contributed by atoms with E-state index in [0.29, 0.717) is 6.61 Å². The molecule has 1 aromatic carbocycles. The van der Waals surface area contributed by atoms with Crippen LogP contribution in [0.3, 0.4) is 0 Å². The summed E-state index contributed by atoms with van der Waals surface area (Å²) in [5, 5.41) is 4.25. The number of ether oxygens (including phenoxy) is 1. The van der Waals surface area contributed by atoms with Gasteiger partial charge in [-0.05, 0) is 38.4 Å². The number of likely N-dealkylation sites (N-methyl/N-ethyl adjacent to an activating group) is 1. The van der Waals surface area contributed by atoms with Gasteiger partial charge in [-0.15, -0.1) is 0 Å². The minimum atomic E-state index is 0.162. The maximum Gasteiger partial charge on any atom is 0.0665 e. The van der Waals surface area contributed by atoms with Crippen LogP contribution < -0.4 is 5.32 Å². The normalized spacial score (nSPS) is 13.1. The van der Waals surface area contributed by atoms with Crippen molar-refractivity contribution in [3.63, 3.8) is 0 Å². The summed E-state index contributed by atoms with van der Waals surface area (Å²) in [5.41, 5.74) is 2.23. The van der Waals surface area contributed by atoms with Crippen molar-refractivity contribution in [3.8, 4) is 0 Å². The van der Waals surface area contributed by atoms with Gasteiger partial charge < -0.3 is 10.1 Å². The number of aryl methyl sites for hydroxylation is 1. The molecule has 0 spiro atoms. The lowest BCUT2D eigenvalue weighted by atomic mass is 10.0. The zero-order valence-electron chi connectivity index (χ0n) is 11.1. The van der Waals surface area contributed by atoms with Crippen molar-refractivity contribution in [2.45, 2.75) is 39.8 Å². The van der Waals surface area contributed by atoms with Crippen molar-refractivity contribution < 1.29 is 4.74 Å². The molecule has 0 aliphatic heterocycles. The Kier molecular flexibility index (Phi) is 5.96. The Labute approximate surface area is 109 Å². The van der Waals surface area contributed by atoms with Crippen LogP contribution in [0.2, 0.25) is 5.02 Å². The molecule has 0 fully saturated rings. The van der Waals surface area contributed by atoms with Crippen LogP contribution in [-0.2, 0) is 4.74 Å². The number of nitrogens with one attached hydrogen (secondary N) is 1. The Morgan fingerprint density at radius 1 is 1.35 bits per heavy atom. The second kappa shape index (κ2) is 7.00. The van der Waals surface area contributed by atoms with Crippen LogP contribution in [0, 0.1) is 6.92 Å². The average molecular weight is 256 g/mol. The van der Waals surface area contributed by atoms with Crippen LogP contribution in [-0.4, -0.2) is 19.3 Å². The standard InChI is InChI=1S/C14H22ClNO/c1-5-16-13(9-17-10(2)3)12-8-6-7-11(4)14(12)15/h6-8,10,13,16H,5,9H2,1-4H3. The molecule has 1 atom stereocenters. The summed E-state index contributed by atoms with van der Waals surface area (Å²) < 4.78 is 5.68. The maximum atomic E-state index is 6.34. The lowest BCUT2D eigenvalue weighted by molar-refractivity contribution is 0.0614. The van der Waals surface area contributed by atoms with Gasteiger partial charge in [0.15, 0.2) is 0 Å². The molecule has 0 aromatic heterocycles. The molecule has 96 valence electrons. The third-order valence-corrected chi connectivity index (χ3v) is 3.16. The third kappa shape index (κ3) is 4.30. The molecule has 1 rings (SSSR count). The van der Waals surface area contributed by atoms with Gasteiger partial charge in [-0.1, -0.05) is 36.7 Å². The van der Waals surface area contributed by atoms with Crippen LogP contribution in [0.15, 0.2) is 18.2 Å². The van der Waals surface area contributed by atoms with Gasteiger partial charge in [0.05, 0.1) is 18.8 Å². The molecule has 2 nitrogen and oxygen atoms in total. The van der Waals surface area contributed by atoms with Crippen molar-refractivity contribution in [2.24, 2.45) is 0 Å². The van der Waals surface area contributed by atoms with Gasteiger partial charge >= 0.3 is 0 Å². The smallest absolute Gasteiger partial charge is 0.0665 e. The van der Waals surface area contributed by atoms with Crippen LogP contribution in [0.4, 0.5) is 0 Å². The summed E-state index contributed by atoms with van der Waals surface area (Å²) in [6, 6.07) is 6.29. The summed E-state index contributed by atoms with van der Waals surface area (Å²) in [6.07, 6.45) is 0.236. The van der Waals surface area contributed by atoms with Crippen LogP contribution in [0.5, 0.6) is 0 Å². The molecule has 0 radical (unpaired) electrons. The molecule has 0 bridgehead atoms. The van der Waals surface area contributed by atoms with Crippen molar-refractivity contribution in [3.05, 3.63) is 34.3 Å². The van der Waals surface area contributed by atoms with E-state index in [1.54, 1.807) is 0 Å². The molecule has 17 heavy (non-hydrogen) atoms. The van der Waals surface area contributed by atoms with Gasteiger partial charge in [-0.2, -0.15) is 0 Å². The summed E-state index contributed by atoms with van der Waals surface area (Å²) in [4.78, 5) is 0. The van der Waals surface area contributed by atoms with Crippen molar-refractivity contribution in [1.82, 2.24) is 5.32 Å². The molecule has 3 heteroatoms. The Bertz CT molecular complexity index is 352. The molecule has 0 saturated carbocycles. The number of halogens is 1. The maximum absolute atomic E-state index is 6.34. The molecular weight excluding hydrogens is 234 g/mol.